The zero-order valence-electron chi connectivity index (χ0n) is 17.7. The van der Waals surface area contributed by atoms with Gasteiger partial charge in [0.05, 0.1) is 38.2 Å². The number of anilines is 1. The van der Waals surface area contributed by atoms with Crippen LogP contribution in [-0.2, 0) is 9.53 Å². The maximum atomic E-state index is 13.0. The Morgan fingerprint density at radius 2 is 1.80 bits per heavy atom. The number of nitrogens with one attached hydrogen (secondary N) is 2. The predicted octanol–water partition coefficient (Wildman–Crippen LogP) is 0.480. The standard InChI is InChI=1S/C22H29N5O3/c1-17-3-5-19(6-4-17)25-21(28)7-8-27(10-9-26-11-13-30-14-12-26)22(29)20-16-23-18(2)15-24-20/h3-6,15-16H,7-14H2,1-2H3,(H,25,28)/p+1. The van der Waals surface area contributed by atoms with E-state index in [2.05, 4.69) is 15.3 Å². The summed E-state index contributed by atoms with van der Waals surface area (Å²) in [4.78, 5) is 36.9. The third kappa shape index (κ3) is 6.60. The molecule has 0 bridgehead atoms. The van der Waals surface area contributed by atoms with E-state index >= 15 is 0 Å². The van der Waals surface area contributed by atoms with Crippen molar-refractivity contribution >= 4 is 17.5 Å². The normalized spacial score (nSPS) is 14.3. The third-order valence-electron chi connectivity index (χ3n) is 5.17. The molecule has 160 valence electrons. The van der Waals surface area contributed by atoms with E-state index in [0.717, 1.165) is 49.8 Å². The number of morpholine rings is 1. The number of quaternary nitrogens is 1. The first kappa shape index (κ1) is 21.9. The van der Waals surface area contributed by atoms with Crippen molar-refractivity contribution in [1.82, 2.24) is 14.9 Å². The van der Waals surface area contributed by atoms with Crippen molar-refractivity contribution in [1.29, 1.82) is 0 Å². The number of carbonyl (C=O) groups is 2. The van der Waals surface area contributed by atoms with Crippen LogP contribution in [0.1, 0.15) is 28.2 Å². The van der Waals surface area contributed by atoms with Gasteiger partial charge in [0.1, 0.15) is 18.8 Å². The van der Waals surface area contributed by atoms with Crippen molar-refractivity contribution in [2.24, 2.45) is 0 Å². The number of nitrogens with zero attached hydrogens (tertiary/aromatic N) is 3. The minimum Gasteiger partial charge on any atom is -0.370 e. The van der Waals surface area contributed by atoms with Crippen LogP contribution in [0.15, 0.2) is 36.7 Å². The van der Waals surface area contributed by atoms with Crippen LogP contribution < -0.4 is 10.2 Å². The number of amides is 2. The van der Waals surface area contributed by atoms with E-state index in [1.54, 1.807) is 11.1 Å². The molecular weight excluding hydrogens is 382 g/mol. The molecule has 0 aliphatic carbocycles. The molecule has 8 nitrogen and oxygen atoms in total. The van der Waals surface area contributed by atoms with Gasteiger partial charge in [-0.1, -0.05) is 17.7 Å². The average molecular weight is 413 g/mol. The molecule has 0 saturated carbocycles. The molecule has 2 heterocycles. The third-order valence-corrected chi connectivity index (χ3v) is 5.17. The Labute approximate surface area is 177 Å². The van der Waals surface area contributed by atoms with Crippen LogP contribution in [0, 0.1) is 13.8 Å². The molecule has 0 unspecified atom stereocenters. The molecule has 1 aliphatic heterocycles. The lowest BCUT2D eigenvalue weighted by Gasteiger charge is -2.27. The Balaban J connectivity index is 1.60. The summed E-state index contributed by atoms with van der Waals surface area (Å²) in [7, 11) is 0. The van der Waals surface area contributed by atoms with Crippen LogP contribution >= 0.6 is 0 Å². The molecule has 0 spiro atoms. The topological polar surface area (TPSA) is 88.9 Å². The Morgan fingerprint density at radius 1 is 1.07 bits per heavy atom. The lowest BCUT2D eigenvalue weighted by molar-refractivity contribution is -0.907. The summed E-state index contributed by atoms with van der Waals surface area (Å²) in [5.74, 6) is -0.316. The maximum absolute atomic E-state index is 13.0. The summed E-state index contributed by atoms with van der Waals surface area (Å²) in [5, 5.41) is 2.89. The average Bonchev–Trinajstić information content (AvgIpc) is 2.76. The Morgan fingerprint density at radius 3 is 2.47 bits per heavy atom. The molecule has 1 aromatic heterocycles. The van der Waals surface area contributed by atoms with Crippen LogP contribution in [0.2, 0.25) is 0 Å². The highest BCUT2D eigenvalue weighted by Crippen LogP contribution is 2.09. The summed E-state index contributed by atoms with van der Waals surface area (Å²) >= 11 is 0. The number of ether oxygens (including phenoxy) is 1. The lowest BCUT2D eigenvalue weighted by Crippen LogP contribution is -3.14. The van der Waals surface area contributed by atoms with Gasteiger partial charge in [-0.2, -0.15) is 0 Å². The van der Waals surface area contributed by atoms with E-state index in [0.29, 0.717) is 18.8 Å². The number of rotatable bonds is 8. The fourth-order valence-electron chi connectivity index (χ4n) is 3.28. The van der Waals surface area contributed by atoms with E-state index in [9.17, 15) is 9.59 Å². The van der Waals surface area contributed by atoms with Gasteiger partial charge in [-0.25, -0.2) is 4.98 Å². The van der Waals surface area contributed by atoms with Crippen LogP contribution in [0.5, 0.6) is 0 Å². The highest BCUT2D eigenvalue weighted by Gasteiger charge is 2.22. The minimum atomic E-state index is -0.196. The second-order valence-electron chi connectivity index (χ2n) is 7.61. The zero-order chi connectivity index (χ0) is 21.3. The molecule has 8 heteroatoms. The first-order chi connectivity index (χ1) is 14.5. The lowest BCUT2D eigenvalue weighted by atomic mass is 10.2. The first-order valence-corrected chi connectivity index (χ1v) is 10.4. The van der Waals surface area contributed by atoms with Crippen LogP contribution in [0.25, 0.3) is 0 Å². The van der Waals surface area contributed by atoms with Crippen molar-refractivity contribution < 1.29 is 19.2 Å². The summed E-state index contributed by atoms with van der Waals surface area (Å²) < 4.78 is 5.40. The molecule has 1 saturated heterocycles. The number of hydrogen-bond donors (Lipinski definition) is 2. The van der Waals surface area contributed by atoms with Crippen LogP contribution in [0.4, 0.5) is 5.69 Å². The van der Waals surface area contributed by atoms with Crippen LogP contribution in [0.3, 0.4) is 0 Å². The maximum Gasteiger partial charge on any atom is 0.274 e. The number of aryl methyl sites for hydroxylation is 2. The minimum absolute atomic E-state index is 0.120. The number of hydrogen-bond acceptors (Lipinski definition) is 5. The Bertz CT molecular complexity index is 833. The molecular formula is C22H30N5O3+. The van der Waals surface area contributed by atoms with E-state index in [-0.39, 0.29) is 18.2 Å². The molecule has 1 aliphatic rings. The van der Waals surface area contributed by atoms with Gasteiger partial charge in [-0.15, -0.1) is 0 Å². The fraction of sp³-hybridized carbons (Fsp3) is 0.455. The molecule has 2 amide bonds. The van der Waals surface area contributed by atoms with Crippen molar-refractivity contribution in [3.8, 4) is 0 Å². The zero-order valence-corrected chi connectivity index (χ0v) is 17.7. The first-order valence-electron chi connectivity index (χ1n) is 10.4. The fourth-order valence-corrected chi connectivity index (χ4v) is 3.28. The quantitative estimate of drug-likeness (QED) is 0.658. The number of benzene rings is 1. The highest BCUT2D eigenvalue weighted by atomic mass is 16.5. The molecule has 2 aromatic rings. The van der Waals surface area contributed by atoms with Gasteiger partial charge in [0.2, 0.25) is 5.91 Å². The number of aromatic nitrogens is 2. The van der Waals surface area contributed by atoms with Crippen LogP contribution in [-0.4, -0.2) is 72.6 Å². The van der Waals surface area contributed by atoms with Gasteiger partial charge in [-0.05, 0) is 26.0 Å². The van der Waals surface area contributed by atoms with Gasteiger partial charge in [-0.3, -0.25) is 14.6 Å². The Hall–Kier alpha value is -2.84. The highest BCUT2D eigenvalue weighted by molar-refractivity contribution is 5.93. The van der Waals surface area contributed by atoms with Gasteiger partial charge in [0.15, 0.2) is 0 Å². The second kappa shape index (κ2) is 10.8. The molecule has 3 rings (SSSR count). The summed E-state index contributed by atoms with van der Waals surface area (Å²) in [6, 6.07) is 7.65. The van der Waals surface area contributed by atoms with Gasteiger partial charge in [0.25, 0.3) is 5.91 Å². The second-order valence-corrected chi connectivity index (χ2v) is 7.61. The van der Waals surface area contributed by atoms with Gasteiger partial charge in [0, 0.05) is 24.8 Å². The molecule has 0 atom stereocenters. The molecule has 0 radical (unpaired) electrons. The van der Waals surface area contributed by atoms with Gasteiger partial charge >= 0.3 is 0 Å². The molecule has 30 heavy (non-hydrogen) atoms. The van der Waals surface area contributed by atoms with Crippen molar-refractivity contribution in [3.05, 3.63) is 53.6 Å². The molecule has 1 aromatic carbocycles. The SMILES string of the molecule is Cc1ccc(NC(=O)CCN(CC[NH+]2CCOCC2)C(=O)c2cnc(C)cn2)cc1. The summed E-state index contributed by atoms with van der Waals surface area (Å²) in [6.45, 7) is 8.87. The van der Waals surface area contributed by atoms with Crippen molar-refractivity contribution in [2.75, 3.05) is 51.3 Å². The summed E-state index contributed by atoms with van der Waals surface area (Å²) in [5.41, 5.74) is 2.95. The molecule has 2 N–H and O–H groups in total. The smallest absolute Gasteiger partial charge is 0.274 e. The van der Waals surface area contributed by atoms with E-state index < -0.39 is 0 Å². The molecule has 1 fully saturated rings. The van der Waals surface area contributed by atoms with E-state index in [1.807, 2.05) is 38.1 Å². The van der Waals surface area contributed by atoms with E-state index in [1.165, 1.54) is 11.1 Å². The van der Waals surface area contributed by atoms with Gasteiger partial charge < -0.3 is 19.9 Å². The number of carbonyl (C=O) groups excluding carboxylic acids is 2. The monoisotopic (exact) mass is 412 g/mol. The largest absolute Gasteiger partial charge is 0.370 e. The van der Waals surface area contributed by atoms with E-state index in [4.69, 9.17) is 4.74 Å². The summed E-state index contributed by atoms with van der Waals surface area (Å²) in [6.07, 6.45) is 3.30. The van der Waals surface area contributed by atoms with Crippen molar-refractivity contribution in [3.63, 3.8) is 0 Å². The predicted molar refractivity (Wildman–Crippen MR) is 113 cm³/mol. The Kier molecular flexibility index (Phi) is 7.87. The van der Waals surface area contributed by atoms with Crippen molar-refractivity contribution in [2.45, 2.75) is 20.3 Å².